The fraction of sp³-hybridized carbons (Fsp3) is 0.556. The van der Waals surface area contributed by atoms with Crippen molar-refractivity contribution in [3.8, 4) is 0 Å². The summed E-state index contributed by atoms with van der Waals surface area (Å²) in [4.78, 5) is 41.9. The van der Waals surface area contributed by atoms with Gasteiger partial charge in [-0.15, -0.1) is 0 Å². The molecule has 27 heavy (non-hydrogen) atoms. The maximum absolute atomic E-state index is 13.0. The maximum atomic E-state index is 13.0. The lowest BCUT2D eigenvalue weighted by Crippen LogP contribution is -2.42. The smallest absolute Gasteiger partial charge is 0.332 e. The number of aromatic nitrogens is 4. The quantitative estimate of drug-likeness (QED) is 0.566. The van der Waals surface area contributed by atoms with Crippen LogP contribution in [0.25, 0.3) is 0 Å². The van der Waals surface area contributed by atoms with Gasteiger partial charge in [0, 0.05) is 26.3 Å². The molecule has 0 spiro atoms. The van der Waals surface area contributed by atoms with Gasteiger partial charge < -0.3 is 10.3 Å². The standard InChI is InChI=1S/C18H27N5O3S/c1-7-8-9-23-11(3)10(2)20-17(23)27-12(4)14(24)13-15(19)21(5)18(26)22(6)16(13)25/h12H,7-9,19H2,1-6H3. The monoisotopic (exact) mass is 393 g/mol. The van der Waals surface area contributed by atoms with E-state index in [9.17, 15) is 14.4 Å². The minimum absolute atomic E-state index is 0.109. The van der Waals surface area contributed by atoms with E-state index in [0.29, 0.717) is 0 Å². The molecule has 0 aliphatic heterocycles. The SMILES string of the molecule is CCCCn1c(SC(C)C(=O)c2c(N)n(C)c(=O)n(C)c2=O)nc(C)c1C. The molecule has 9 heteroatoms. The number of Topliss-reactive ketones (excluding diaryl/α,β-unsaturated/α-hetero) is 1. The summed E-state index contributed by atoms with van der Waals surface area (Å²) in [6.45, 7) is 8.62. The van der Waals surface area contributed by atoms with Gasteiger partial charge >= 0.3 is 5.69 Å². The van der Waals surface area contributed by atoms with Crippen LogP contribution in [0.5, 0.6) is 0 Å². The number of aryl methyl sites for hydroxylation is 1. The first kappa shape index (κ1) is 21.0. The van der Waals surface area contributed by atoms with Gasteiger partial charge in [0.2, 0.25) is 0 Å². The normalized spacial score (nSPS) is 12.4. The average molecular weight is 394 g/mol. The molecule has 2 N–H and O–H groups in total. The van der Waals surface area contributed by atoms with Crippen molar-refractivity contribution in [1.82, 2.24) is 18.7 Å². The molecular weight excluding hydrogens is 366 g/mol. The summed E-state index contributed by atoms with van der Waals surface area (Å²) >= 11 is 1.30. The van der Waals surface area contributed by atoms with Crippen molar-refractivity contribution >= 4 is 23.4 Å². The lowest BCUT2D eigenvalue weighted by atomic mass is 10.1. The van der Waals surface area contributed by atoms with E-state index in [1.807, 2.05) is 13.8 Å². The van der Waals surface area contributed by atoms with Crippen LogP contribution in [0.15, 0.2) is 14.7 Å². The highest BCUT2D eigenvalue weighted by atomic mass is 32.2. The molecule has 0 bridgehead atoms. The Hall–Kier alpha value is -2.29. The lowest BCUT2D eigenvalue weighted by Gasteiger charge is -2.15. The van der Waals surface area contributed by atoms with E-state index in [4.69, 9.17) is 5.73 Å². The second kappa shape index (κ2) is 8.16. The van der Waals surface area contributed by atoms with Gasteiger partial charge in [-0.1, -0.05) is 25.1 Å². The third-order valence-corrected chi connectivity index (χ3v) is 5.86. The van der Waals surface area contributed by atoms with E-state index in [-0.39, 0.29) is 11.4 Å². The summed E-state index contributed by atoms with van der Waals surface area (Å²) in [6.07, 6.45) is 2.07. The van der Waals surface area contributed by atoms with Crippen LogP contribution in [0.2, 0.25) is 0 Å². The zero-order valence-corrected chi connectivity index (χ0v) is 17.5. The van der Waals surface area contributed by atoms with E-state index in [1.54, 1.807) is 6.92 Å². The molecule has 0 aromatic carbocycles. The number of nitrogens with two attached hydrogens (primary N) is 1. The minimum Gasteiger partial charge on any atom is -0.384 e. The van der Waals surface area contributed by atoms with Gasteiger partial charge in [0.05, 0.1) is 10.9 Å². The van der Waals surface area contributed by atoms with Crippen LogP contribution in [-0.4, -0.2) is 29.7 Å². The molecule has 0 radical (unpaired) electrons. The van der Waals surface area contributed by atoms with E-state index >= 15 is 0 Å². The largest absolute Gasteiger partial charge is 0.384 e. The number of imidazole rings is 1. The Kier molecular flexibility index (Phi) is 6.35. The van der Waals surface area contributed by atoms with Crippen molar-refractivity contribution in [3.63, 3.8) is 0 Å². The molecule has 2 aromatic heterocycles. The van der Waals surface area contributed by atoms with Crippen molar-refractivity contribution < 1.29 is 4.79 Å². The number of hydrogen-bond acceptors (Lipinski definition) is 6. The first-order valence-corrected chi connectivity index (χ1v) is 9.79. The number of thioether (sulfide) groups is 1. The Morgan fingerprint density at radius 2 is 1.85 bits per heavy atom. The first-order chi connectivity index (χ1) is 12.6. The molecule has 1 atom stereocenters. The lowest BCUT2D eigenvalue weighted by molar-refractivity contribution is 0.0992. The number of nitrogen functional groups attached to an aromatic ring is 1. The molecular formula is C18H27N5O3S. The number of nitrogens with zero attached hydrogens (tertiary/aromatic N) is 4. The first-order valence-electron chi connectivity index (χ1n) is 8.91. The summed E-state index contributed by atoms with van der Waals surface area (Å²) in [5.74, 6) is -0.517. The van der Waals surface area contributed by atoms with Gasteiger partial charge in [0.15, 0.2) is 10.9 Å². The number of hydrogen-bond donors (Lipinski definition) is 1. The van der Waals surface area contributed by atoms with Gasteiger partial charge in [-0.3, -0.25) is 18.7 Å². The number of unbranched alkanes of at least 4 members (excludes halogenated alkanes) is 1. The van der Waals surface area contributed by atoms with E-state index < -0.39 is 22.3 Å². The number of rotatable bonds is 7. The van der Waals surface area contributed by atoms with E-state index in [1.165, 1.54) is 25.9 Å². The molecule has 2 aromatic rings. The van der Waals surface area contributed by atoms with E-state index in [0.717, 1.165) is 45.1 Å². The Balaban J connectivity index is 2.40. The molecule has 0 fully saturated rings. The fourth-order valence-electron chi connectivity index (χ4n) is 2.80. The molecule has 148 valence electrons. The summed E-state index contributed by atoms with van der Waals surface area (Å²) in [6, 6.07) is 0. The van der Waals surface area contributed by atoms with Crippen LogP contribution in [0.4, 0.5) is 5.82 Å². The number of ketones is 1. The molecule has 0 aliphatic rings. The van der Waals surface area contributed by atoms with Crippen LogP contribution in [0.1, 0.15) is 48.4 Å². The van der Waals surface area contributed by atoms with Crippen molar-refractivity contribution in [1.29, 1.82) is 0 Å². The topological polar surface area (TPSA) is 105 Å². The summed E-state index contributed by atoms with van der Waals surface area (Å²) in [7, 11) is 2.78. The van der Waals surface area contributed by atoms with Crippen molar-refractivity contribution in [2.75, 3.05) is 5.73 Å². The Bertz CT molecular complexity index is 986. The highest BCUT2D eigenvalue weighted by molar-refractivity contribution is 8.00. The molecule has 2 rings (SSSR count). The third kappa shape index (κ3) is 3.87. The van der Waals surface area contributed by atoms with Crippen molar-refractivity contribution in [2.45, 2.75) is 57.5 Å². The second-order valence-corrected chi connectivity index (χ2v) is 7.97. The predicted molar refractivity (Wildman–Crippen MR) is 108 cm³/mol. The van der Waals surface area contributed by atoms with Crippen LogP contribution < -0.4 is 17.0 Å². The molecule has 0 amide bonds. The minimum atomic E-state index is -0.672. The van der Waals surface area contributed by atoms with Crippen LogP contribution in [0, 0.1) is 13.8 Å². The summed E-state index contributed by atoms with van der Waals surface area (Å²) < 4.78 is 4.12. The Morgan fingerprint density at radius 1 is 1.22 bits per heavy atom. The summed E-state index contributed by atoms with van der Waals surface area (Å²) in [5.41, 5.74) is 6.52. The number of carbonyl (C=O) groups is 1. The number of carbonyl (C=O) groups excluding carboxylic acids is 1. The van der Waals surface area contributed by atoms with Crippen LogP contribution in [0.3, 0.4) is 0 Å². The molecule has 2 heterocycles. The fourth-order valence-corrected chi connectivity index (χ4v) is 3.89. The molecule has 0 saturated heterocycles. The highest BCUT2D eigenvalue weighted by Crippen LogP contribution is 2.27. The molecule has 0 saturated carbocycles. The van der Waals surface area contributed by atoms with Crippen molar-refractivity contribution in [3.05, 3.63) is 37.8 Å². The van der Waals surface area contributed by atoms with Gasteiger partial charge in [0.1, 0.15) is 11.4 Å². The molecule has 1 unspecified atom stereocenters. The zero-order valence-electron chi connectivity index (χ0n) is 16.7. The Labute approximate surface area is 162 Å². The zero-order chi connectivity index (χ0) is 20.5. The maximum Gasteiger partial charge on any atom is 0.332 e. The van der Waals surface area contributed by atoms with Crippen molar-refractivity contribution in [2.24, 2.45) is 14.1 Å². The highest BCUT2D eigenvalue weighted by Gasteiger charge is 2.27. The third-order valence-electron chi connectivity index (χ3n) is 4.77. The number of anilines is 1. The molecule has 8 nitrogen and oxygen atoms in total. The predicted octanol–water partition coefficient (Wildman–Crippen LogP) is 1.64. The second-order valence-electron chi connectivity index (χ2n) is 6.66. The average Bonchev–Trinajstić information content (AvgIpc) is 2.89. The van der Waals surface area contributed by atoms with Crippen LogP contribution in [-0.2, 0) is 20.6 Å². The van der Waals surface area contributed by atoms with Gasteiger partial charge in [-0.05, 0) is 27.2 Å². The van der Waals surface area contributed by atoms with Gasteiger partial charge in [-0.2, -0.15) is 0 Å². The Morgan fingerprint density at radius 3 is 2.44 bits per heavy atom. The van der Waals surface area contributed by atoms with Gasteiger partial charge in [0.25, 0.3) is 5.56 Å². The summed E-state index contributed by atoms with van der Waals surface area (Å²) in [5, 5.41) is 0.179. The van der Waals surface area contributed by atoms with E-state index in [2.05, 4.69) is 16.5 Å². The van der Waals surface area contributed by atoms with Gasteiger partial charge in [-0.25, -0.2) is 9.78 Å². The molecule has 0 aliphatic carbocycles. The van der Waals surface area contributed by atoms with Crippen LogP contribution >= 0.6 is 11.8 Å².